The van der Waals surface area contributed by atoms with Gasteiger partial charge in [-0.1, -0.05) is 6.42 Å². The summed E-state index contributed by atoms with van der Waals surface area (Å²) in [5.41, 5.74) is -0.813. The van der Waals surface area contributed by atoms with E-state index in [1.807, 2.05) is 0 Å². The lowest BCUT2D eigenvalue weighted by molar-refractivity contribution is -0.148. The number of urea groups is 1. The molecule has 0 saturated heterocycles. The highest BCUT2D eigenvalue weighted by Gasteiger charge is 2.47. The van der Waals surface area contributed by atoms with Gasteiger partial charge in [-0.15, -0.1) is 0 Å². The van der Waals surface area contributed by atoms with Crippen LogP contribution in [0.5, 0.6) is 0 Å². The molecule has 2 unspecified atom stereocenters. The highest BCUT2D eigenvalue weighted by atomic mass is 16.4. The van der Waals surface area contributed by atoms with Gasteiger partial charge >= 0.3 is 12.0 Å². The maximum Gasteiger partial charge on any atom is 0.315 e. The topological polar surface area (TPSA) is 78.4 Å². The second kappa shape index (κ2) is 4.93. The molecule has 5 heteroatoms. The molecule has 0 aromatic rings. The smallest absolute Gasteiger partial charge is 0.315 e. The predicted octanol–water partition coefficient (Wildman–Crippen LogP) is 2.12. The van der Waals surface area contributed by atoms with Gasteiger partial charge in [0.2, 0.25) is 0 Å². The van der Waals surface area contributed by atoms with E-state index in [-0.39, 0.29) is 12.1 Å². The molecule has 0 spiro atoms. The summed E-state index contributed by atoms with van der Waals surface area (Å²) in [6.07, 6.45) is 7.14. The minimum absolute atomic E-state index is 0.173. The van der Waals surface area contributed by atoms with Crippen molar-refractivity contribution in [1.29, 1.82) is 0 Å². The molecule has 2 amide bonds. The zero-order valence-electron chi connectivity index (χ0n) is 12.0. The van der Waals surface area contributed by atoms with Gasteiger partial charge in [0.05, 0.1) is 5.41 Å². The van der Waals surface area contributed by atoms with Gasteiger partial charge in [-0.2, -0.15) is 0 Å². The molecule has 3 rings (SSSR count). The summed E-state index contributed by atoms with van der Waals surface area (Å²) in [5, 5.41) is 15.4. The zero-order chi connectivity index (χ0) is 14.3. The van der Waals surface area contributed by atoms with Crippen LogP contribution in [0.4, 0.5) is 4.79 Å². The van der Waals surface area contributed by atoms with E-state index in [2.05, 4.69) is 10.6 Å². The van der Waals surface area contributed by atoms with Crippen molar-refractivity contribution in [2.75, 3.05) is 0 Å². The van der Waals surface area contributed by atoms with Crippen LogP contribution in [0.3, 0.4) is 0 Å². The molecule has 0 heterocycles. The molecule has 5 nitrogen and oxygen atoms in total. The Morgan fingerprint density at radius 2 is 1.75 bits per heavy atom. The lowest BCUT2D eigenvalue weighted by atomic mass is 9.85. The number of hydrogen-bond acceptors (Lipinski definition) is 2. The number of nitrogens with one attached hydrogen (secondary N) is 2. The van der Waals surface area contributed by atoms with E-state index in [0.29, 0.717) is 24.3 Å². The Bertz CT molecular complexity index is 405. The summed E-state index contributed by atoms with van der Waals surface area (Å²) in [7, 11) is 0. The maximum atomic E-state index is 12.2. The number of carbonyl (C=O) groups is 2. The lowest BCUT2D eigenvalue weighted by Crippen LogP contribution is -2.52. The van der Waals surface area contributed by atoms with E-state index in [9.17, 15) is 14.7 Å². The van der Waals surface area contributed by atoms with E-state index >= 15 is 0 Å². The molecule has 3 aliphatic rings. The van der Waals surface area contributed by atoms with Gasteiger partial charge in [0, 0.05) is 12.1 Å². The first-order chi connectivity index (χ1) is 9.50. The highest BCUT2D eigenvalue weighted by molar-refractivity contribution is 5.79. The Hall–Kier alpha value is -1.26. The number of aliphatic carboxylic acids is 1. The molecule has 3 N–H and O–H groups in total. The number of amides is 2. The van der Waals surface area contributed by atoms with Crippen molar-refractivity contribution in [2.24, 2.45) is 17.3 Å². The third-order valence-corrected chi connectivity index (χ3v) is 5.31. The number of carboxylic acid groups (broad SMARTS) is 1. The molecule has 0 bridgehead atoms. The van der Waals surface area contributed by atoms with Crippen LogP contribution in [0.1, 0.15) is 51.9 Å². The van der Waals surface area contributed by atoms with E-state index < -0.39 is 11.4 Å². The molecule has 3 aliphatic carbocycles. The molecular formula is C15H24N2O3. The molecular weight excluding hydrogens is 256 g/mol. The number of rotatable bonds is 5. The first kappa shape index (κ1) is 13.7. The summed E-state index contributed by atoms with van der Waals surface area (Å²) in [6, 6.07) is -0.111. The fourth-order valence-electron chi connectivity index (χ4n) is 3.54. The minimum Gasteiger partial charge on any atom is -0.481 e. The quantitative estimate of drug-likeness (QED) is 0.721. The highest BCUT2D eigenvalue weighted by Crippen LogP contribution is 2.44. The van der Waals surface area contributed by atoms with Crippen LogP contribution in [0.15, 0.2) is 0 Å². The predicted molar refractivity (Wildman–Crippen MR) is 74.3 cm³/mol. The van der Waals surface area contributed by atoms with E-state index in [0.717, 1.165) is 12.8 Å². The van der Waals surface area contributed by atoms with Gasteiger partial charge in [-0.05, 0) is 57.3 Å². The molecule has 2 atom stereocenters. The van der Waals surface area contributed by atoms with Gasteiger partial charge in [0.1, 0.15) is 0 Å². The van der Waals surface area contributed by atoms with E-state index in [1.165, 1.54) is 25.7 Å². The van der Waals surface area contributed by atoms with Crippen molar-refractivity contribution >= 4 is 12.0 Å². The third kappa shape index (κ3) is 2.63. The van der Waals surface area contributed by atoms with Crippen LogP contribution in [0, 0.1) is 17.3 Å². The molecule has 0 radical (unpaired) electrons. The Kier molecular flexibility index (Phi) is 3.38. The van der Waals surface area contributed by atoms with Gasteiger partial charge in [-0.3, -0.25) is 4.79 Å². The normalized spacial score (nSPS) is 33.2. The van der Waals surface area contributed by atoms with Crippen LogP contribution in [0.25, 0.3) is 0 Å². The summed E-state index contributed by atoms with van der Waals surface area (Å²) in [5.74, 6) is 0.506. The fourth-order valence-corrected chi connectivity index (χ4v) is 3.54. The van der Waals surface area contributed by atoms with Crippen molar-refractivity contribution in [3.05, 3.63) is 0 Å². The van der Waals surface area contributed by atoms with Crippen LogP contribution in [-0.2, 0) is 4.79 Å². The molecule has 3 fully saturated rings. The van der Waals surface area contributed by atoms with E-state index in [4.69, 9.17) is 0 Å². The molecule has 0 aliphatic heterocycles. The second-order valence-electron chi connectivity index (χ2n) is 6.99. The second-order valence-corrected chi connectivity index (χ2v) is 6.99. The fraction of sp³-hybridized carbons (Fsp3) is 0.867. The van der Waals surface area contributed by atoms with Gasteiger partial charge in [-0.25, -0.2) is 4.79 Å². The third-order valence-electron chi connectivity index (χ3n) is 5.31. The van der Waals surface area contributed by atoms with Gasteiger partial charge < -0.3 is 15.7 Å². The van der Waals surface area contributed by atoms with Crippen LogP contribution < -0.4 is 10.6 Å². The first-order valence-electron chi connectivity index (χ1n) is 7.81. The SMILES string of the molecule is CC1(C(=O)O)CCCC1NC(=O)NC(C1CC1)C1CC1. The summed E-state index contributed by atoms with van der Waals surface area (Å²) in [4.78, 5) is 23.6. The Labute approximate surface area is 119 Å². The van der Waals surface area contributed by atoms with Crippen LogP contribution in [0.2, 0.25) is 0 Å². The van der Waals surface area contributed by atoms with Crippen molar-refractivity contribution < 1.29 is 14.7 Å². The van der Waals surface area contributed by atoms with Crippen LogP contribution in [-0.4, -0.2) is 29.2 Å². The Morgan fingerprint density at radius 1 is 1.15 bits per heavy atom. The molecule has 112 valence electrons. The average Bonchev–Trinajstić information content (AvgIpc) is 3.28. The Morgan fingerprint density at radius 3 is 2.25 bits per heavy atom. The van der Waals surface area contributed by atoms with Crippen LogP contribution >= 0.6 is 0 Å². The zero-order valence-corrected chi connectivity index (χ0v) is 12.0. The van der Waals surface area contributed by atoms with Crippen molar-refractivity contribution in [3.8, 4) is 0 Å². The van der Waals surface area contributed by atoms with Gasteiger partial charge in [0.15, 0.2) is 0 Å². The van der Waals surface area contributed by atoms with Crippen molar-refractivity contribution in [2.45, 2.75) is 64.0 Å². The summed E-state index contributed by atoms with van der Waals surface area (Å²) in [6.45, 7) is 1.74. The average molecular weight is 280 g/mol. The molecule has 0 aromatic carbocycles. The summed E-state index contributed by atoms with van der Waals surface area (Å²) >= 11 is 0. The molecule has 3 saturated carbocycles. The van der Waals surface area contributed by atoms with Gasteiger partial charge in [0.25, 0.3) is 0 Å². The number of hydrogen-bond donors (Lipinski definition) is 3. The Balaban J connectivity index is 1.56. The molecule has 20 heavy (non-hydrogen) atoms. The maximum absolute atomic E-state index is 12.2. The number of carboxylic acids is 1. The largest absolute Gasteiger partial charge is 0.481 e. The lowest BCUT2D eigenvalue weighted by Gasteiger charge is -2.29. The van der Waals surface area contributed by atoms with E-state index in [1.54, 1.807) is 6.92 Å². The minimum atomic E-state index is -0.813. The molecule has 0 aromatic heterocycles. The first-order valence-corrected chi connectivity index (χ1v) is 7.81. The number of carbonyl (C=O) groups excluding carboxylic acids is 1. The monoisotopic (exact) mass is 280 g/mol. The standard InChI is InChI=1S/C15H24N2O3/c1-15(13(18)19)8-2-3-11(15)16-14(20)17-12(9-4-5-9)10-6-7-10/h9-12H,2-8H2,1H3,(H,18,19)(H2,16,17,20). The van der Waals surface area contributed by atoms with Crippen molar-refractivity contribution in [3.63, 3.8) is 0 Å². The summed E-state index contributed by atoms with van der Waals surface area (Å²) < 4.78 is 0. The van der Waals surface area contributed by atoms with Crippen molar-refractivity contribution in [1.82, 2.24) is 10.6 Å².